The topological polar surface area (TPSA) is 43.2 Å². The van der Waals surface area contributed by atoms with E-state index in [1.165, 1.54) is 19.3 Å². The largest absolute Gasteiger partial charge is 0.495 e. The van der Waals surface area contributed by atoms with Gasteiger partial charge in [0.05, 0.1) is 23.9 Å². The molecule has 0 saturated carbocycles. The highest BCUT2D eigenvalue weighted by atomic mass is 127. The molecule has 0 fully saturated rings. The lowest BCUT2D eigenvalue weighted by atomic mass is 10.2. The fraction of sp³-hybridized carbons (Fsp3) is 0.368. The van der Waals surface area contributed by atoms with Crippen molar-refractivity contribution in [2.24, 2.45) is 10.2 Å². The van der Waals surface area contributed by atoms with E-state index < -0.39 is 0 Å². The Morgan fingerprint density at radius 2 is 1.76 bits per heavy atom. The standard InChI is InChI=1S/C19H22BrIN2O2/c1-3-4-5-6-11-25-19-12-16(20)18(24-2)13-17(19)23-22-15-9-7-14(21)8-10-15/h7-10,12-13H,3-6,11H2,1-2H3. The number of ether oxygens (including phenoxy) is 2. The number of hydrogen-bond acceptors (Lipinski definition) is 4. The molecule has 0 radical (unpaired) electrons. The third-order valence-electron chi connectivity index (χ3n) is 3.59. The van der Waals surface area contributed by atoms with E-state index >= 15 is 0 Å². The lowest BCUT2D eigenvalue weighted by Gasteiger charge is -2.11. The van der Waals surface area contributed by atoms with E-state index in [9.17, 15) is 0 Å². The fourth-order valence-corrected chi connectivity index (χ4v) is 3.05. The van der Waals surface area contributed by atoms with Crippen LogP contribution < -0.4 is 9.47 Å². The second-order valence-electron chi connectivity index (χ2n) is 5.54. The first-order valence-corrected chi connectivity index (χ1v) is 10.2. The summed E-state index contributed by atoms with van der Waals surface area (Å²) in [6.45, 7) is 2.87. The molecule has 0 atom stereocenters. The Balaban J connectivity index is 2.16. The smallest absolute Gasteiger partial charge is 0.148 e. The zero-order valence-corrected chi connectivity index (χ0v) is 18.2. The summed E-state index contributed by atoms with van der Waals surface area (Å²) in [5, 5.41) is 8.68. The minimum absolute atomic E-state index is 0.661. The van der Waals surface area contributed by atoms with Gasteiger partial charge in [-0.25, -0.2) is 0 Å². The molecule has 0 aliphatic rings. The number of hydrogen-bond donors (Lipinski definition) is 0. The predicted molar refractivity (Wildman–Crippen MR) is 114 cm³/mol. The number of benzene rings is 2. The molecular weight excluding hydrogens is 495 g/mol. The van der Waals surface area contributed by atoms with E-state index in [1.807, 2.05) is 36.4 Å². The van der Waals surface area contributed by atoms with Crippen molar-refractivity contribution in [1.82, 2.24) is 0 Å². The minimum Gasteiger partial charge on any atom is -0.495 e. The molecular formula is C19H22BrIN2O2. The molecule has 2 aromatic rings. The maximum atomic E-state index is 5.93. The first-order valence-electron chi connectivity index (χ1n) is 8.31. The van der Waals surface area contributed by atoms with Crippen LogP contribution in [0.3, 0.4) is 0 Å². The van der Waals surface area contributed by atoms with Crippen LogP contribution in [-0.2, 0) is 0 Å². The summed E-state index contributed by atoms with van der Waals surface area (Å²) in [6, 6.07) is 11.6. The fourth-order valence-electron chi connectivity index (χ4n) is 2.20. The summed E-state index contributed by atoms with van der Waals surface area (Å²) in [4.78, 5) is 0. The minimum atomic E-state index is 0.661. The first kappa shape index (κ1) is 20.2. The Hall–Kier alpha value is -1.15. The molecule has 0 aliphatic heterocycles. The van der Waals surface area contributed by atoms with Crippen molar-refractivity contribution >= 4 is 49.9 Å². The first-order chi connectivity index (χ1) is 12.1. The van der Waals surface area contributed by atoms with Crippen LogP contribution >= 0.6 is 38.5 Å². The van der Waals surface area contributed by atoms with Crippen molar-refractivity contribution in [2.75, 3.05) is 13.7 Å². The molecule has 0 amide bonds. The molecule has 2 aromatic carbocycles. The molecule has 2 rings (SSSR count). The number of methoxy groups -OCH3 is 1. The Bertz CT molecular complexity index is 705. The second-order valence-corrected chi connectivity index (χ2v) is 7.64. The van der Waals surface area contributed by atoms with Gasteiger partial charge in [-0.3, -0.25) is 0 Å². The van der Waals surface area contributed by atoms with Crippen LogP contribution in [0.4, 0.5) is 11.4 Å². The average molecular weight is 517 g/mol. The molecule has 0 bridgehead atoms. The van der Waals surface area contributed by atoms with Crippen LogP contribution in [0.25, 0.3) is 0 Å². The van der Waals surface area contributed by atoms with Crippen molar-refractivity contribution in [3.63, 3.8) is 0 Å². The maximum absolute atomic E-state index is 5.93. The summed E-state index contributed by atoms with van der Waals surface area (Å²) >= 11 is 5.77. The Kier molecular flexibility index (Phi) is 8.67. The van der Waals surface area contributed by atoms with Crippen LogP contribution in [0.2, 0.25) is 0 Å². The van der Waals surface area contributed by atoms with E-state index in [-0.39, 0.29) is 0 Å². The average Bonchev–Trinajstić information content (AvgIpc) is 2.62. The molecule has 25 heavy (non-hydrogen) atoms. The molecule has 6 heteroatoms. The van der Waals surface area contributed by atoms with Gasteiger partial charge < -0.3 is 9.47 Å². The van der Waals surface area contributed by atoms with Crippen LogP contribution in [0.15, 0.2) is 51.1 Å². The van der Waals surface area contributed by atoms with Crippen LogP contribution in [0.5, 0.6) is 11.5 Å². The SMILES string of the molecule is CCCCCCOc1cc(Br)c(OC)cc1N=Nc1ccc(I)cc1. The molecule has 4 nitrogen and oxygen atoms in total. The van der Waals surface area contributed by atoms with Gasteiger partial charge in [0.2, 0.25) is 0 Å². The van der Waals surface area contributed by atoms with E-state index in [2.05, 4.69) is 55.7 Å². The number of azo groups is 1. The van der Waals surface area contributed by atoms with Gasteiger partial charge in [-0.2, -0.15) is 5.11 Å². The quantitative estimate of drug-likeness (QED) is 0.197. The van der Waals surface area contributed by atoms with Gasteiger partial charge in [0.1, 0.15) is 17.2 Å². The molecule has 0 unspecified atom stereocenters. The molecule has 0 heterocycles. The Morgan fingerprint density at radius 1 is 1.00 bits per heavy atom. The van der Waals surface area contributed by atoms with Crippen molar-refractivity contribution < 1.29 is 9.47 Å². The van der Waals surface area contributed by atoms with E-state index in [4.69, 9.17) is 9.47 Å². The highest BCUT2D eigenvalue weighted by Crippen LogP contribution is 2.38. The maximum Gasteiger partial charge on any atom is 0.148 e. The summed E-state index contributed by atoms with van der Waals surface area (Å²) in [5.74, 6) is 1.41. The molecule has 134 valence electrons. The van der Waals surface area contributed by atoms with Gasteiger partial charge in [-0.15, -0.1) is 5.11 Å². The van der Waals surface area contributed by atoms with Gasteiger partial charge in [0.25, 0.3) is 0 Å². The molecule has 0 spiro atoms. The van der Waals surface area contributed by atoms with Crippen LogP contribution in [-0.4, -0.2) is 13.7 Å². The molecule has 0 aromatic heterocycles. The van der Waals surface area contributed by atoms with Crippen molar-refractivity contribution in [1.29, 1.82) is 0 Å². The number of nitrogens with zero attached hydrogens (tertiary/aromatic N) is 2. The van der Waals surface area contributed by atoms with E-state index in [0.29, 0.717) is 23.8 Å². The zero-order chi connectivity index (χ0) is 18.1. The van der Waals surface area contributed by atoms with Gasteiger partial charge in [-0.1, -0.05) is 26.2 Å². The van der Waals surface area contributed by atoms with Crippen molar-refractivity contribution in [2.45, 2.75) is 32.6 Å². The Morgan fingerprint density at radius 3 is 2.44 bits per heavy atom. The third kappa shape index (κ3) is 6.58. The molecule has 0 N–H and O–H groups in total. The Labute approximate surface area is 171 Å². The second kappa shape index (κ2) is 10.8. The summed E-state index contributed by atoms with van der Waals surface area (Å²) < 4.78 is 13.3. The summed E-state index contributed by atoms with van der Waals surface area (Å²) in [6.07, 6.45) is 4.65. The van der Waals surface area contributed by atoms with Crippen molar-refractivity contribution in [3.8, 4) is 11.5 Å². The number of rotatable bonds is 9. The highest BCUT2D eigenvalue weighted by Gasteiger charge is 2.10. The summed E-state index contributed by atoms with van der Waals surface area (Å²) in [5.41, 5.74) is 1.46. The van der Waals surface area contributed by atoms with Gasteiger partial charge in [-0.05, 0) is 69.2 Å². The zero-order valence-electron chi connectivity index (χ0n) is 14.5. The lowest BCUT2D eigenvalue weighted by molar-refractivity contribution is 0.305. The monoisotopic (exact) mass is 516 g/mol. The van der Waals surface area contributed by atoms with E-state index in [0.717, 1.165) is 20.2 Å². The molecule has 0 aliphatic carbocycles. The number of unbranched alkanes of at least 4 members (excludes halogenated alkanes) is 3. The number of halogens is 2. The van der Waals surface area contributed by atoms with Gasteiger partial charge >= 0.3 is 0 Å². The lowest BCUT2D eigenvalue weighted by Crippen LogP contribution is -1.98. The molecule has 0 saturated heterocycles. The van der Waals surface area contributed by atoms with Gasteiger partial charge in [0.15, 0.2) is 0 Å². The van der Waals surface area contributed by atoms with Crippen LogP contribution in [0.1, 0.15) is 32.6 Å². The normalized spacial score (nSPS) is 11.0. The van der Waals surface area contributed by atoms with Crippen molar-refractivity contribution in [3.05, 3.63) is 44.4 Å². The highest BCUT2D eigenvalue weighted by molar-refractivity contribution is 14.1. The van der Waals surface area contributed by atoms with E-state index in [1.54, 1.807) is 7.11 Å². The van der Waals surface area contributed by atoms with Gasteiger partial charge in [0, 0.05) is 15.7 Å². The van der Waals surface area contributed by atoms with Crippen LogP contribution in [0, 0.1) is 3.57 Å². The summed E-state index contributed by atoms with van der Waals surface area (Å²) in [7, 11) is 1.63. The predicted octanol–water partition coefficient (Wildman–Crippen LogP) is 7.44. The third-order valence-corrected chi connectivity index (χ3v) is 4.93.